The molecule has 1 amide bonds. The molecular formula is C25H38N4O3. The van der Waals surface area contributed by atoms with Crippen LogP contribution in [0.4, 0.5) is 4.79 Å². The largest absolute Gasteiger partial charge is 0.493 e. The third kappa shape index (κ3) is 5.87. The van der Waals surface area contributed by atoms with Crippen molar-refractivity contribution < 1.29 is 14.3 Å². The highest BCUT2D eigenvalue weighted by molar-refractivity contribution is 5.80. The Labute approximate surface area is 191 Å². The second-order valence-electron chi connectivity index (χ2n) is 10.4. The Morgan fingerprint density at radius 3 is 2.44 bits per heavy atom. The second kappa shape index (κ2) is 9.59. The van der Waals surface area contributed by atoms with Crippen molar-refractivity contribution in [3.05, 3.63) is 29.8 Å². The van der Waals surface area contributed by atoms with Crippen LogP contribution in [0, 0.1) is 5.92 Å². The van der Waals surface area contributed by atoms with E-state index in [1.807, 2.05) is 43.9 Å². The van der Waals surface area contributed by atoms with E-state index in [1.54, 1.807) is 7.05 Å². The zero-order valence-corrected chi connectivity index (χ0v) is 19.9. The molecule has 0 spiro atoms. The van der Waals surface area contributed by atoms with Gasteiger partial charge in [-0.1, -0.05) is 18.2 Å². The van der Waals surface area contributed by atoms with Crippen molar-refractivity contribution in [3.63, 3.8) is 0 Å². The number of guanidine groups is 1. The highest BCUT2D eigenvalue weighted by Gasteiger charge is 2.45. The molecule has 3 aliphatic rings. The minimum atomic E-state index is -0.462. The topological polar surface area (TPSA) is 75.2 Å². The number of fused-ring (bicyclic) bond motifs is 2. The molecule has 1 saturated carbocycles. The van der Waals surface area contributed by atoms with E-state index >= 15 is 0 Å². The van der Waals surface area contributed by atoms with Gasteiger partial charge in [0, 0.05) is 37.3 Å². The maximum atomic E-state index is 12.7. The second-order valence-corrected chi connectivity index (χ2v) is 10.4. The van der Waals surface area contributed by atoms with Crippen LogP contribution in [0.1, 0.15) is 64.9 Å². The van der Waals surface area contributed by atoms with Gasteiger partial charge < -0.3 is 25.0 Å². The molecule has 4 rings (SSSR count). The van der Waals surface area contributed by atoms with E-state index in [9.17, 15) is 4.79 Å². The smallest absolute Gasteiger partial charge is 0.410 e. The predicted molar refractivity (Wildman–Crippen MR) is 126 cm³/mol. The maximum Gasteiger partial charge on any atom is 0.410 e. The number of hydrogen-bond donors (Lipinski definition) is 2. The fraction of sp³-hybridized carbons (Fsp3) is 0.680. The summed E-state index contributed by atoms with van der Waals surface area (Å²) < 4.78 is 11.7. The van der Waals surface area contributed by atoms with Gasteiger partial charge in [-0.3, -0.25) is 4.99 Å². The number of nitrogens with one attached hydrogen (secondary N) is 2. The van der Waals surface area contributed by atoms with Gasteiger partial charge in [0.2, 0.25) is 0 Å². The lowest BCUT2D eigenvalue weighted by Crippen LogP contribution is -2.54. The molecule has 2 aliphatic heterocycles. The third-order valence-electron chi connectivity index (χ3n) is 6.49. The number of carbonyl (C=O) groups is 1. The number of amides is 1. The van der Waals surface area contributed by atoms with Crippen LogP contribution in [-0.4, -0.2) is 54.3 Å². The van der Waals surface area contributed by atoms with Crippen LogP contribution in [0.15, 0.2) is 29.3 Å². The Bertz CT molecular complexity index is 817. The van der Waals surface area contributed by atoms with Crippen molar-refractivity contribution in [2.45, 2.75) is 89.6 Å². The highest BCUT2D eigenvalue weighted by atomic mass is 16.6. The van der Waals surface area contributed by atoms with Gasteiger partial charge >= 0.3 is 6.09 Å². The summed E-state index contributed by atoms with van der Waals surface area (Å²) in [5.41, 5.74) is 0.673. The van der Waals surface area contributed by atoms with Gasteiger partial charge in [-0.05, 0) is 71.3 Å². The maximum absolute atomic E-state index is 12.7. The van der Waals surface area contributed by atoms with E-state index < -0.39 is 5.60 Å². The van der Waals surface area contributed by atoms with Gasteiger partial charge in [0.25, 0.3) is 0 Å². The predicted octanol–water partition coefficient (Wildman–Crippen LogP) is 4.07. The number of aliphatic imine (C=N–C) groups is 1. The molecule has 2 unspecified atom stereocenters. The first-order chi connectivity index (χ1) is 15.3. The van der Waals surface area contributed by atoms with Gasteiger partial charge in [0.15, 0.2) is 5.96 Å². The number of carbonyl (C=O) groups excluding carboxylic acids is 1. The number of rotatable bonds is 6. The zero-order valence-electron chi connectivity index (χ0n) is 19.9. The summed E-state index contributed by atoms with van der Waals surface area (Å²) >= 11 is 0. The molecule has 2 saturated heterocycles. The fourth-order valence-electron chi connectivity index (χ4n) is 4.76. The van der Waals surface area contributed by atoms with E-state index in [1.165, 1.54) is 12.8 Å². The van der Waals surface area contributed by atoms with Crippen molar-refractivity contribution >= 4 is 12.1 Å². The molecule has 7 heteroatoms. The lowest BCUT2D eigenvalue weighted by atomic mass is 9.98. The number of para-hydroxylation sites is 1. The minimum Gasteiger partial charge on any atom is -0.493 e. The van der Waals surface area contributed by atoms with Crippen molar-refractivity contribution in [2.24, 2.45) is 10.9 Å². The lowest BCUT2D eigenvalue weighted by Gasteiger charge is -2.40. The number of benzene rings is 1. The highest BCUT2D eigenvalue weighted by Crippen LogP contribution is 2.37. The molecule has 3 fully saturated rings. The quantitative estimate of drug-likeness (QED) is 0.513. The summed E-state index contributed by atoms with van der Waals surface area (Å²) in [4.78, 5) is 19.1. The molecule has 176 valence electrons. The van der Waals surface area contributed by atoms with E-state index in [0.29, 0.717) is 12.6 Å². The number of hydrogen-bond acceptors (Lipinski definition) is 4. The first-order valence-corrected chi connectivity index (χ1v) is 12.0. The average Bonchev–Trinajstić information content (AvgIpc) is 3.52. The SMILES string of the molecule is CN=C(NCc1ccccc1OCC1CC1)NC1CC2CCC(C1)N2C(=O)OC(C)(C)C. The number of piperidine rings is 1. The summed E-state index contributed by atoms with van der Waals surface area (Å²) in [7, 11) is 1.80. The van der Waals surface area contributed by atoms with Crippen molar-refractivity contribution in [1.82, 2.24) is 15.5 Å². The van der Waals surface area contributed by atoms with Crippen LogP contribution >= 0.6 is 0 Å². The number of nitrogens with zero attached hydrogens (tertiary/aromatic N) is 2. The molecule has 32 heavy (non-hydrogen) atoms. The third-order valence-corrected chi connectivity index (χ3v) is 6.49. The summed E-state index contributed by atoms with van der Waals surface area (Å²) in [6, 6.07) is 8.96. The molecular weight excluding hydrogens is 404 g/mol. The van der Waals surface area contributed by atoms with Crippen LogP contribution in [0.2, 0.25) is 0 Å². The molecule has 2 N–H and O–H groups in total. The van der Waals surface area contributed by atoms with Crippen LogP contribution in [0.5, 0.6) is 5.75 Å². The molecule has 1 aromatic rings. The monoisotopic (exact) mass is 442 g/mol. The molecule has 1 aliphatic carbocycles. The van der Waals surface area contributed by atoms with E-state index in [2.05, 4.69) is 21.7 Å². The Balaban J connectivity index is 1.29. The Morgan fingerprint density at radius 2 is 1.81 bits per heavy atom. The summed E-state index contributed by atoms with van der Waals surface area (Å²) in [6.07, 6.45) is 6.31. The standard InChI is InChI=1S/C25H38N4O3/c1-25(2,3)32-24(30)29-20-11-12-21(29)14-19(13-20)28-23(26-4)27-15-18-7-5-6-8-22(18)31-16-17-9-10-17/h5-8,17,19-21H,9-16H2,1-4H3,(H2,26,27,28). The fourth-order valence-corrected chi connectivity index (χ4v) is 4.76. The molecule has 2 bridgehead atoms. The van der Waals surface area contributed by atoms with Crippen molar-refractivity contribution in [1.29, 1.82) is 0 Å². The van der Waals surface area contributed by atoms with Crippen LogP contribution < -0.4 is 15.4 Å². The Hall–Kier alpha value is -2.44. The molecule has 2 atom stereocenters. The van der Waals surface area contributed by atoms with Gasteiger partial charge in [-0.2, -0.15) is 0 Å². The van der Waals surface area contributed by atoms with Gasteiger partial charge in [0.1, 0.15) is 11.4 Å². The molecule has 1 aromatic carbocycles. The zero-order chi connectivity index (χ0) is 22.7. The van der Waals surface area contributed by atoms with Gasteiger partial charge in [-0.25, -0.2) is 4.79 Å². The summed E-state index contributed by atoms with van der Waals surface area (Å²) in [6.45, 7) is 7.23. The van der Waals surface area contributed by atoms with Crippen LogP contribution in [-0.2, 0) is 11.3 Å². The molecule has 0 aromatic heterocycles. The first-order valence-electron chi connectivity index (χ1n) is 12.0. The van der Waals surface area contributed by atoms with Crippen molar-refractivity contribution in [2.75, 3.05) is 13.7 Å². The minimum absolute atomic E-state index is 0.172. The van der Waals surface area contributed by atoms with E-state index in [0.717, 1.165) is 55.5 Å². The summed E-state index contributed by atoms with van der Waals surface area (Å²) in [5, 5.41) is 7.03. The molecule has 2 heterocycles. The average molecular weight is 443 g/mol. The van der Waals surface area contributed by atoms with Gasteiger partial charge in [-0.15, -0.1) is 0 Å². The van der Waals surface area contributed by atoms with Crippen LogP contribution in [0.3, 0.4) is 0 Å². The molecule has 0 radical (unpaired) electrons. The van der Waals surface area contributed by atoms with Gasteiger partial charge in [0.05, 0.1) is 6.61 Å². The van der Waals surface area contributed by atoms with E-state index in [-0.39, 0.29) is 18.2 Å². The Morgan fingerprint density at radius 1 is 1.12 bits per heavy atom. The van der Waals surface area contributed by atoms with Crippen molar-refractivity contribution in [3.8, 4) is 5.75 Å². The van der Waals surface area contributed by atoms with Crippen LogP contribution in [0.25, 0.3) is 0 Å². The lowest BCUT2D eigenvalue weighted by molar-refractivity contribution is 0.00545. The Kier molecular flexibility index (Phi) is 6.82. The summed E-state index contributed by atoms with van der Waals surface area (Å²) in [5.74, 6) is 2.47. The number of ether oxygens (including phenoxy) is 2. The normalized spacial score (nSPS) is 25.4. The molecule has 7 nitrogen and oxygen atoms in total. The van der Waals surface area contributed by atoms with E-state index in [4.69, 9.17) is 9.47 Å². The first kappa shape index (κ1) is 22.7.